The Morgan fingerprint density at radius 3 is 2.69 bits per heavy atom. The van der Waals surface area contributed by atoms with E-state index in [4.69, 9.17) is 0 Å². The van der Waals surface area contributed by atoms with E-state index in [1.807, 2.05) is 0 Å². The summed E-state index contributed by atoms with van der Waals surface area (Å²) >= 11 is 0. The van der Waals surface area contributed by atoms with E-state index in [-0.39, 0.29) is 25.4 Å². The van der Waals surface area contributed by atoms with E-state index in [0.29, 0.717) is 13.0 Å². The van der Waals surface area contributed by atoms with Gasteiger partial charge in [0.05, 0.1) is 0 Å². The fourth-order valence-corrected chi connectivity index (χ4v) is 1.54. The Morgan fingerprint density at radius 1 is 1.56 bits per heavy atom. The standard InChI is InChI=1S/C10H15F3N2O/c1-14-5-2-9(16)15-6-3-8(4-7-15)10(11,12)13/h3,14H,2,4-7H2,1H3. The maximum Gasteiger partial charge on any atom is 0.412 e. The summed E-state index contributed by atoms with van der Waals surface area (Å²) in [6.45, 7) is 0.774. The highest BCUT2D eigenvalue weighted by Gasteiger charge is 2.35. The summed E-state index contributed by atoms with van der Waals surface area (Å²) in [5.41, 5.74) is -0.523. The minimum atomic E-state index is -4.25. The van der Waals surface area contributed by atoms with Crippen molar-refractivity contribution in [1.82, 2.24) is 10.2 Å². The summed E-state index contributed by atoms with van der Waals surface area (Å²) in [6, 6.07) is 0. The summed E-state index contributed by atoms with van der Waals surface area (Å²) in [4.78, 5) is 12.9. The normalized spacial score (nSPS) is 17.2. The molecule has 0 saturated heterocycles. The Hall–Kier alpha value is -1.04. The van der Waals surface area contributed by atoms with Crippen molar-refractivity contribution < 1.29 is 18.0 Å². The molecule has 1 aliphatic heterocycles. The van der Waals surface area contributed by atoms with Gasteiger partial charge in [0.15, 0.2) is 0 Å². The van der Waals surface area contributed by atoms with Crippen LogP contribution in [0, 0.1) is 0 Å². The van der Waals surface area contributed by atoms with Crippen LogP contribution in [0.2, 0.25) is 0 Å². The quantitative estimate of drug-likeness (QED) is 0.749. The van der Waals surface area contributed by atoms with Gasteiger partial charge in [-0.3, -0.25) is 4.79 Å². The molecule has 0 aromatic heterocycles. The number of halogens is 3. The largest absolute Gasteiger partial charge is 0.412 e. The molecule has 0 radical (unpaired) electrons. The Kier molecular flexibility index (Phi) is 4.35. The molecule has 3 nitrogen and oxygen atoms in total. The maximum absolute atomic E-state index is 12.3. The number of hydrogen-bond acceptors (Lipinski definition) is 2. The van der Waals surface area contributed by atoms with Crippen molar-refractivity contribution in [2.75, 3.05) is 26.7 Å². The van der Waals surface area contributed by atoms with Crippen molar-refractivity contribution in [1.29, 1.82) is 0 Å². The van der Waals surface area contributed by atoms with Gasteiger partial charge in [-0.25, -0.2) is 0 Å². The zero-order chi connectivity index (χ0) is 12.2. The van der Waals surface area contributed by atoms with Crippen LogP contribution in [0.4, 0.5) is 13.2 Å². The molecule has 0 bridgehead atoms. The SMILES string of the molecule is CNCCC(=O)N1CC=C(C(F)(F)F)CC1. The Bertz CT molecular complexity index is 286. The Balaban J connectivity index is 2.48. The van der Waals surface area contributed by atoms with Gasteiger partial charge in [-0.1, -0.05) is 6.08 Å². The summed E-state index contributed by atoms with van der Waals surface area (Å²) in [5, 5.41) is 2.83. The molecule has 0 unspecified atom stereocenters. The second kappa shape index (κ2) is 5.34. The first-order valence-corrected chi connectivity index (χ1v) is 5.13. The zero-order valence-corrected chi connectivity index (χ0v) is 9.10. The predicted molar refractivity (Wildman–Crippen MR) is 53.9 cm³/mol. The summed E-state index contributed by atoms with van der Waals surface area (Å²) < 4.78 is 36.9. The lowest BCUT2D eigenvalue weighted by atomic mass is 10.1. The van der Waals surface area contributed by atoms with Crippen molar-refractivity contribution in [2.45, 2.75) is 19.0 Å². The first-order chi connectivity index (χ1) is 7.45. The van der Waals surface area contributed by atoms with Crippen molar-refractivity contribution in [3.8, 4) is 0 Å². The number of hydrogen-bond donors (Lipinski definition) is 1. The van der Waals surface area contributed by atoms with E-state index < -0.39 is 11.7 Å². The fraction of sp³-hybridized carbons (Fsp3) is 0.700. The number of amides is 1. The van der Waals surface area contributed by atoms with Gasteiger partial charge in [-0.05, 0) is 13.5 Å². The van der Waals surface area contributed by atoms with E-state index in [9.17, 15) is 18.0 Å². The van der Waals surface area contributed by atoms with Gasteiger partial charge in [0.25, 0.3) is 0 Å². The topological polar surface area (TPSA) is 32.3 Å². The van der Waals surface area contributed by atoms with Crippen LogP contribution in [0.25, 0.3) is 0 Å². The number of alkyl halides is 3. The number of carbonyl (C=O) groups excluding carboxylic acids is 1. The Labute approximate surface area is 92.3 Å². The third kappa shape index (κ3) is 3.52. The molecule has 0 fully saturated rings. The molecule has 0 saturated carbocycles. The summed E-state index contributed by atoms with van der Waals surface area (Å²) in [5.74, 6) is -0.105. The van der Waals surface area contributed by atoms with Crippen LogP contribution in [0.1, 0.15) is 12.8 Å². The first-order valence-electron chi connectivity index (χ1n) is 5.13. The van der Waals surface area contributed by atoms with Crippen LogP contribution in [0.5, 0.6) is 0 Å². The molecule has 1 rings (SSSR count). The Morgan fingerprint density at radius 2 is 2.25 bits per heavy atom. The van der Waals surface area contributed by atoms with Gasteiger partial charge < -0.3 is 10.2 Å². The molecular formula is C10H15F3N2O. The third-order valence-corrected chi connectivity index (χ3v) is 2.51. The van der Waals surface area contributed by atoms with Gasteiger partial charge in [0.1, 0.15) is 0 Å². The first kappa shape index (κ1) is 13.0. The van der Waals surface area contributed by atoms with E-state index in [1.165, 1.54) is 4.90 Å². The smallest absolute Gasteiger partial charge is 0.339 e. The highest BCUT2D eigenvalue weighted by atomic mass is 19.4. The van der Waals surface area contributed by atoms with Crippen molar-refractivity contribution in [3.05, 3.63) is 11.6 Å². The van der Waals surface area contributed by atoms with Crippen LogP contribution in [0.15, 0.2) is 11.6 Å². The minimum absolute atomic E-state index is 0.0669. The average Bonchev–Trinajstić information content (AvgIpc) is 2.25. The summed E-state index contributed by atoms with van der Waals surface area (Å²) in [6.07, 6.45) is -2.93. The number of nitrogens with zero attached hydrogens (tertiary/aromatic N) is 1. The molecule has 1 N–H and O–H groups in total. The highest BCUT2D eigenvalue weighted by Crippen LogP contribution is 2.30. The van der Waals surface area contributed by atoms with Crippen LogP contribution < -0.4 is 5.32 Å². The van der Waals surface area contributed by atoms with Crippen LogP contribution in [-0.2, 0) is 4.79 Å². The van der Waals surface area contributed by atoms with E-state index in [1.54, 1.807) is 7.05 Å². The molecule has 0 aromatic rings. The molecule has 0 atom stereocenters. The molecule has 6 heteroatoms. The second-order valence-corrected chi connectivity index (χ2v) is 3.67. The molecule has 0 aliphatic carbocycles. The molecular weight excluding hydrogens is 221 g/mol. The van der Waals surface area contributed by atoms with Gasteiger partial charge in [0.2, 0.25) is 5.91 Å². The van der Waals surface area contributed by atoms with Crippen molar-refractivity contribution in [2.24, 2.45) is 0 Å². The maximum atomic E-state index is 12.3. The molecule has 1 heterocycles. The third-order valence-electron chi connectivity index (χ3n) is 2.51. The molecule has 0 spiro atoms. The van der Waals surface area contributed by atoms with Gasteiger partial charge in [0, 0.05) is 31.6 Å². The predicted octanol–water partition coefficient (Wildman–Crippen LogP) is 1.32. The van der Waals surface area contributed by atoms with Crippen LogP contribution in [0.3, 0.4) is 0 Å². The molecule has 1 aliphatic rings. The minimum Gasteiger partial charge on any atom is -0.339 e. The molecule has 16 heavy (non-hydrogen) atoms. The molecule has 0 aromatic carbocycles. The number of rotatable bonds is 3. The monoisotopic (exact) mass is 236 g/mol. The lowest BCUT2D eigenvalue weighted by molar-refractivity contribution is -0.132. The lowest BCUT2D eigenvalue weighted by Crippen LogP contribution is -2.37. The molecule has 1 amide bonds. The van der Waals surface area contributed by atoms with Crippen LogP contribution in [-0.4, -0.2) is 43.7 Å². The van der Waals surface area contributed by atoms with E-state index in [0.717, 1.165) is 6.08 Å². The van der Waals surface area contributed by atoms with E-state index >= 15 is 0 Å². The molecule has 92 valence electrons. The van der Waals surface area contributed by atoms with Gasteiger partial charge >= 0.3 is 6.18 Å². The van der Waals surface area contributed by atoms with Gasteiger partial charge in [-0.15, -0.1) is 0 Å². The lowest BCUT2D eigenvalue weighted by Gasteiger charge is -2.27. The van der Waals surface area contributed by atoms with E-state index in [2.05, 4.69) is 5.32 Å². The zero-order valence-electron chi connectivity index (χ0n) is 9.10. The second-order valence-electron chi connectivity index (χ2n) is 3.67. The van der Waals surface area contributed by atoms with Crippen LogP contribution >= 0.6 is 0 Å². The van der Waals surface area contributed by atoms with Crippen molar-refractivity contribution in [3.63, 3.8) is 0 Å². The summed E-state index contributed by atoms with van der Waals surface area (Å²) in [7, 11) is 1.73. The van der Waals surface area contributed by atoms with Gasteiger partial charge in [-0.2, -0.15) is 13.2 Å². The number of carbonyl (C=O) groups is 1. The fourth-order valence-electron chi connectivity index (χ4n) is 1.54. The van der Waals surface area contributed by atoms with Crippen molar-refractivity contribution >= 4 is 5.91 Å². The average molecular weight is 236 g/mol. The highest BCUT2D eigenvalue weighted by molar-refractivity contribution is 5.76. The number of nitrogens with one attached hydrogen (secondary N) is 1.